The Morgan fingerprint density at radius 1 is 0.576 bits per heavy atom. The summed E-state index contributed by atoms with van der Waals surface area (Å²) < 4.78 is 164. The molecule has 180 valence electrons. The third kappa shape index (κ3) is 3.97. The fourth-order valence-electron chi connectivity index (χ4n) is 3.35. The molecule has 5 nitrogen and oxygen atoms in total. The number of pyridine rings is 2. The number of alkyl halides is 12. The predicted octanol–water partition coefficient (Wildman–Crippen LogP) is 6.12. The SMILES string of the molecule is FC(F)(F)c1cc(C(F)(F)F)c2c(n1)NC1OC2Nc2nc(C(F)(F)F)cc(C(F)(F)F)c21. The van der Waals surface area contributed by atoms with E-state index >= 15 is 0 Å². The van der Waals surface area contributed by atoms with Crippen molar-refractivity contribution in [1.82, 2.24) is 9.97 Å². The van der Waals surface area contributed by atoms with Crippen LogP contribution in [0.2, 0.25) is 0 Å². The van der Waals surface area contributed by atoms with Gasteiger partial charge in [0.2, 0.25) is 0 Å². The number of hydrogen-bond acceptors (Lipinski definition) is 5. The second-order valence-corrected chi connectivity index (χ2v) is 6.81. The minimum absolute atomic E-state index is 0.345. The lowest BCUT2D eigenvalue weighted by molar-refractivity contribution is -0.147. The first-order chi connectivity index (χ1) is 14.9. The van der Waals surface area contributed by atoms with Gasteiger partial charge in [0.15, 0.2) is 12.5 Å². The lowest BCUT2D eigenvalue weighted by Gasteiger charge is -2.41. The van der Waals surface area contributed by atoms with Crippen molar-refractivity contribution in [3.63, 3.8) is 0 Å². The van der Waals surface area contributed by atoms with Gasteiger partial charge < -0.3 is 15.4 Å². The van der Waals surface area contributed by atoms with E-state index in [-0.39, 0.29) is 12.1 Å². The largest absolute Gasteiger partial charge is 0.433 e. The summed E-state index contributed by atoms with van der Waals surface area (Å²) in [6.07, 6.45) is -25.7. The van der Waals surface area contributed by atoms with Crippen LogP contribution in [-0.4, -0.2) is 9.97 Å². The van der Waals surface area contributed by atoms with Gasteiger partial charge in [-0.1, -0.05) is 0 Å². The Balaban J connectivity index is 1.94. The van der Waals surface area contributed by atoms with Crippen LogP contribution in [0.25, 0.3) is 0 Å². The normalized spacial score (nSPS) is 20.5. The molecule has 0 amide bonds. The molecule has 4 rings (SSSR count). The smallest absolute Gasteiger partial charge is 0.340 e. The van der Waals surface area contributed by atoms with E-state index in [1.807, 2.05) is 10.6 Å². The number of aromatic nitrogens is 2. The Morgan fingerprint density at radius 2 is 0.909 bits per heavy atom. The minimum Gasteiger partial charge on any atom is -0.340 e. The van der Waals surface area contributed by atoms with Gasteiger partial charge in [0.1, 0.15) is 23.0 Å². The van der Waals surface area contributed by atoms with Gasteiger partial charge in [0.25, 0.3) is 0 Å². The summed E-state index contributed by atoms with van der Waals surface area (Å²) in [5, 5.41) is 3.77. The average molecular weight is 498 g/mol. The summed E-state index contributed by atoms with van der Waals surface area (Å²) >= 11 is 0. The lowest BCUT2D eigenvalue weighted by atomic mass is 9.98. The van der Waals surface area contributed by atoms with Gasteiger partial charge in [-0.3, -0.25) is 0 Å². The summed E-state index contributed by atoms with van der Waals surface area (Å²) in [6.45, 7) is 0. The van der Waals surface area contributed by atoms with E-state index in [0.29, 0.717) is 0 Å². The molecule has 2 aliphatic rings. The van der Waals surface area contributed by atoms with E-state index in [1.165, 1.54) is 0 Å². The first-order valence-corrected chi connectivity index (χ1v) is 8.44. The zero-order valence-corrected chi connectivity index (χ0v) is 15.1. The number of fused-ring (bicyclic) bond motifs is 6. The van der Waals surface area contributed by atoms with Crippen LogP contribution in [0.1, 0.15) is 46.1 Å². The summed E-state index contributed by atoms with van der Waals surface area (Å²) in [5.41, 5.74) is -9.99. The monoisotopic (exact) mass is 498 g/mol. The molecule has 33 heavy (non-hydrogen) atoms. The highest BCUT2D eigenvalue weighted by Crippen LogP contribution is 2.52. The van der Waals surface area contributed by atoms with Gasteiger partial charge in [-0.05, 0) is 12.1 Å². The summed E-state index contributed by atoms with van der Waals surface area (Å²) in [7, 11) is 0. The van der Waals surface area contributed by atoms with E-state index in [9.17, 15) is 52.7 Å². The van der Waals surface area contributed by atoms with Crippen LogP contribution in [-0.2, 0) is 29.4 Å². The van der Waals surface area contributed by atoms with Crippen molar-refractivity contribution in [3.8, 4) is 0 Å². The molecule has 2 bridgehead atoms. The van der Waals surface area contributed by atoms with Crippen LogP contribution >= 0.6 is 0 Å². The lowest BCUT2D eigenvalue weighted by Crippen LogP contribution is -2.38. The zero-order chi connectivity index (χ0) is 24.7. The zero-order valence-electron chi connectivity index (χ0n) is 15.1. The Morgan fingerprint density at radius 3 is 1.18 bits per heavy atom. The van der Waals surface area contributed by atoms with Crippen molar-refractivity contribution >= 4 is 11.6 Å². The number of halogens is 12. The number of nitrogens with one attached hydrogen (secondary N) is 2. The molecule has 0 radical (unpaired) electrons. The highest BCUT2D eigenvalue weighted by molar-refractivity contribution is 5.64. The highest BCUT2D eigenvalue weighted by atomic mass is 19.4. The maximum absolute atomic E-state index is 13.5. The van der Waals surface area contributed by atoms with E-state index in [0.717, 1.165) is 0 Å². The average Bonchev–Trinajstić information content (AvgIpc) is 2.63. The van der Waals surface area contributed by atoms with Crippen molar-refractivity contribution < 1.29 is 57.4 Å². The molecular weight excluding hydrogens is 492 g/mol. The molecular formula is C16H6F12N4O. The van der Waals surface area contributed by atoms with Crippen molar-refractivity contribution in [2.75, 3.05) is 10.6 Å². The van der Waals surface area contributed by atoms with E-state index in [1.54, 1.807) is 0 Å². The molecule has 4 heterocycles. The molecule has 0 saturated carbocycles. The molecule has 2 aromatic heterocycles. The molecule has 2 N–H and O–H groups in total. The maximum Gasteiger partial charge on any atom is 0.433 e. The number of ether oxygens (including phenoxy) is 1. The van der Waals surface area contributed by atoms with Crippen molar-refractivity contribution in [2.24, 2.45) is 0 Å². The molecule has 0 fully saturated rings. The quantitative estimate of drug-likeness (QED) is 0.429. The molecule has 0 aromatic carbocycles. The van der Waals surface area contributed by atoms with Gasteiger partial charge in [-0.25, -0.2) is 9.97 Å². The molecule has 2 aromatic rings. The van der Waals surface area contributed by atoms with E-state index in [2.05, 4.69) is 9.97 Å². The number of rotatable bonds is 0. The van der Waals surface area contributed by atoms with Crippen LogP contribution in [0.5, 0.6) is 0 Å². The first kappa shape index (κ1) is 23.2. The fraction of sp³-hybridized carbons (Fsp3) is 0.375. The van der Waals surface area contributed by atoms with Crippen LogP contribution in [0, 0.1) is 0 Å². The molecule has 0 aliphatic carbocycles. The highest BCUT2D eigenvalue weighted by Gasteiger charge is 2.50. The minimum atomic E-state index is -5.41. The van der Waals surface area contributed by atoms with Gasteiger partial charge in [-0.2, -0.15) is 52.7 Å². The van der Waals surface area contributed by atoms with Crippen LogP contribution in [0.4, 0.5) is 64.3 Å². The Kier molecular flexibility index (Phi) is 4.76. The van der Waals surface area contributed by atoms with Crippen LogP contribution < -0.4 is 10.6 Å². The summed E-state index contributed by atoms with van der Waals surface area (Å²) in [6, 6.07) is -0.690. The Bertz CT molecular complexity index is 1030. The molecule has 0 spiro atoms. The van der Waals surface area contributed by atoms with Gasteiger partial charge in [0.05, 0.1) is 22.3 Å². The van der Waals surface area contributed by atoms with Crippen molar-refractivity contribution in [2.45, 2.75) is 37.2 Å². The molecule has 17 heteroatoms. The van der Waals surface area contributed by atoms with Crippen molar-refractivity contribution in [1.29, 1.82) is 0 Å². The summed E-state index contributed by atoms with van der Waals surface area (Å²) in [5.74, 6) is -2.21. The molecule has 2 unspecified atom stereocenters. The van der Waals surface area contributed by atoms with Gasteiger partial charge in [-0.15, -0.1) is 0 Å². The predicted molar refractivity (Wildman–Crippen MR) is 82.3 cm³/mol. The molecule has 2 atom stereocenters. The first-order valence-electron chi connectivity index (χ1n) is 8.44. The second kappa shape index (κ2) is 6.77. The van der Waals surface area contributed by atoms with E-state index in [4.69, 9.17) is 4.74 Å². The second-order valence-electron chi connectivity index (χ2n) is 6.81. The molecule has 0 saturated heterocycles. The number of nitrogens with zero attached hydrogens (tertiary/aromatic N) is 2. The van der Waals surface area contributed by atoms with Crippen LogP contribution in [0.15, 0.2) is 12.1 Å². The van der Waals surface area contributed by atoms with E-state index < -0.39 is 82.4 Å². The Labute approximate surface area is 173 Å². The molecule has 2 aliphatic heterocycles. The van der Waals surface area contributed by atoms with Gasteiger partial charge >= 0.3 is 24.7 Å². The fourth-order valence-corrected chi connectivity index (χ4v) is 3.35. The van der Waals surface area contributed by atoms with Crippen LogP contribution in [0.3, 0.4) is 0 Å². The third-order valence-corrected chi connectivity index (χ3v) is 4.64. The van der Waals surface area contributed by atoms with Crippen molar-refractivity contribution in [3.05, 3.63) is 45.8 Å². The summed E-state index contributed by atoms with van der Waals surface area (Å²) in [4.78, 5) is 6.05. The number of anilines is 2. The maximum atomic E-state index is 13.5. The number of hydrogen-bond donors (Lipinski definition) is 2. The third-order valence-electron chi connectivity index (χ3n) is 4.64. The Hall–Kier alpha value is -2.98. The topological polar surface area (TPSA) is 59.1 Å². The standard InChI is InChI=1S/C16H6F12N4O/c17-13(18,19)3-1-5(15(23,24)25)29-9-7(3)11-32-10-8(12(31-9)33-11)4(14(20,21)22)2-6(30-10)16(26,27)28/h1-2,11-12H,(H,29,31)(H,30,32). The van der Waals surface area contributed by atoms with Gasteiger partial charge in [0, 0.05) is 0 Å².